The van der Waals surface area contributed by atoms with Crippen molar-refractivity contribution in [3.05, 3.63) is 41.5 Å². The molecule has 0 spiro atoms. The summed E-state index contributed by atoms with van der Waals surface area (Å²) in [6.07, 6.45) is 5.75. The van der Waals surface area contributed by atoms with Crippen molar-refractivity contribution in [2.75, 3.05) is 13.7 Å². The zero-order valence-corrected chi connectivity index (χ0v) is 17.6. The van der Waals surface area contributed by atoms with Gasteiger partial charge in [0.2, 0.25) is 0 Å². The van der Waals surface area contributed by atoms with E-state index in [0.717, 1.165) is 23.3 Å². The van der Waals surface area contributed by atoms with E-state index < -0.39 is 0 Å². The zero-order valence-electron chi connectivity index (χ0n) is 17.6. The van der Waals surface area contributed by atoms with Gasteiger partial charge < -0.3 is 18.9 Å². The second-order valence-corrected chi connectivity index (χ2v) is 7.64. The lowest BCUT2D eigenvalue weighted by atomic mass is 9.86. The number of benzene rings is 1. The van der Waals surface area contributed by atoms with Crippen molar-refractivity contribution in [1.82, 2.24) is 0 Å². The Hall–Kier alpha value is -2.83. The van der Waals surface area contributed by atoms with Crippen molar-refractivity contribution in [3.63, 3.8) is 0 Å². The van der Waals surface area contributed by atoms with Crippen LogP contribution in [0.3, 0.4) is 0 Å². The summed E-state index contributed by atoms with van der Waals surface area (Å²) in [5, 5.41) is 0. The van der Waals surface area contributed by atoms with E-state index in [0.29, 0.717) is 19.3 Å². The highest BCUT2D eigenvalue weighted by atomic mass is 16.6. The molecule has 1 heterocycles. The van der Waals surface area contributed by atoms with Crippen LogP contribution in [0.25, 0.3) is 0 Å². The van der Waals surface area contributed by atoms with Gasteiger partial charge in [-0.15, -0.1) is 0 Å². The average Bonchev–Trinajstić information content (AvgIpc) is 3.21. The molecule has 0 aromatic heterocycles. The van der Waals surface area contributed by atoms with Crippen LogP contribution < -0.4 is 4.74 Å². The number of ether oxygens (including phenoxy) is 4. The normalized spacial score (nSPS) is 24.1. The highest BCUT2D eigenvalue weighted by Crippen LogP contribution is 2.52. The molecule has 7 heteroatoms. The van der Waals surface area contributed by atoms with Gasteiger partial charge in [-0.2, -0.15) is 0 Å². The summed E-state index contributed by atoms with van der Waals surface area (Å²) in [6, 6.07) is 6.07. The molecular formula is C23H28O7. The van der Waals surface area contributed by atoms with Crippen molar-refractivity contribution in [3.8, 4) is 5.75 Å². The molecule has 0 bridgehead atoms. The van der Waals surface area contributed by atoms with E-state index in [1.54, 1.807) is 6.08 Å². The lowest BCUT2D eigenvalue weighted by Crippen LogP contribution is -2.22. The third-order valence-electron chi connectivity index (χ3n) is 5.58. The maximum atomic E-state index is 11.6. The number of carbonyl (C=O) groups is 3. The molecule has 30 heavy (non-hydrogen) atoms. The fraction of sp³-hybridized carbons (Fsp3) is 0.522. The molecule has 3 rings (SSSR count). The quantitative estimate of drug-likeness (QED) is 0.365. The second kappa shape index (κ2) is 9.78. The molecule has 162 valence electrons. The van der Waals surface area contributed by atoms with Crippen LogP contribution >= 0.6 is 0 Å². The van der Waals surface area contributed by atoms with Crippen LogP contribution in [0.2, 0.25) is 0 Å². The van der Waals surface area contributed by atoms with Gasteiger partial charge in [0.15, 0.2) is 0 Å². The minimum atomic E-state index is -0.341. The van der Waals surface area contributed by atoms with Gasteiger partial charge in [-0.25, -0.2) is 0 Å². The first kappa shape index (κ1) is 21.9. The third kappa shape index (κ3) is 5.01. The highest BCUT2D eigenvalue weighted by molar-refractivity contribution is 5.69. The average molecular weight is 416 g/mol. The minimum absolute atomic E-state index is 0.0542. The number of methoxy groups -OCH3 is 1. The number of fused-ring (bicyclic) bond motifs is 3. The molecule has 0 N–H and O–H groups in total. The van der Waals surface area contributed by atoms with E-state index in [-0.39, 0.29) is 48.6 Å². The maximum Gasteiger partial charge on any atom is 0.305 e. The van der Waals surface area contributed by atoms with E-state index >= 15 is 0 Å². The molecule has 4 unspecified atom stereocenters. The fourth-order valence-electron chi connectivity index (χ4n) is 4.39. The topological polar surface area (TPSA) is 88.1 Å². The van der Waals surface area contributed by atoms with Gasteiger partial charge in [0.1, 0.15) is 24.6 Å². The van der Waals surface area contributed by atoms with Crippen LogP contribution in [0.1, 0.15) is 50.2 Å². The number of rotatable bonds is 8. The van der Waals surface area contributed by atoms with Gasteiger partial charge in [0.05, 0.1) is 7.11 Å². The molecule has 2 aliphatic rings. The van der Waals surface area contributed by atoms with Gasteiger partial charge >= 0.3 is 17.9 Å². The Labute approximate surface area is 176 Å². The summed E-state index contributed by atoms with van der Waals surface area (Å²) in [6.45, 7) is 2.95. The summed E-state index contributed by atoms with van der Waals surface area (Å²) >= 11 is 0. The van der Waals surface area contributed by atoms with Crippen molar-refractivity contribution < 1.29 is 33.3 Å². The SMILES string of the molecule is COC(=O)CCCc1cccc2c1OC1CC(OC(C)=O)C(/C=C/COC(C)=O)C21. The van der Waals surface area contributed by atoms with E-state index in [2.05, 4.69) is 0 Å². The van der Waals surface area contributed by atoms with Gasteiger partial charge in [0, 0.05) is 44.1 Å². The molecule has 0 saturated heterocycles. The van der Waals surface area contributed by atoms with Crippen LogP contribution in [0.15, 0.2) is 30.4 Å². The third-order valence-corrected chi connectivity index (χ3v) is 5.58. The Bertz CT molecular complexity index is 829. The summed E-state index contributed by atoms with van der Waals surface area (Å²) in [5.41, 5.74) is 2.16. The van der Waals surface area contributed by atoms with Gasteiger partial charge in [0.25, 0.3) is 0 Å². The van der Waals surface area contributed by atoms with Gasteiger partial charge in [-0.3, -0.25) is 14.4 Å². The van der Waals surface area contributed by atoms with Crippen molar-refractivity contribution in [2.24, 2.45) is 5.92 Å². The molecule has 1 aliphatic carbocycles. The van der Waals surface area contributed by atoms with Gasteiger partial charge in [-0.05, 0) is 18.4 Å². The van der Waals surface area contributed by atoms with Crippen LogP contribution in [0, 0.1) is 5.92 Å². The highest BCUT2D eigenvalue weighted by Gasteiger charge is 2.50. The molecule has 0 radical (unpaired) electrons. The minimum Gasteiger partial charge on any atom is -0.489 e. The molecule has 1 aromatic carbocycles. The molecule has 7 nitrogen and oxygen atoms in total. The molecular weight excluding hydrogens is 388 g/mol. The number of para-hydroxylation sites is 1. The van der Waals surface area contributed by atoms with Crippen LogP contribution in [0.4, 0.5) is 0 Å². The largest absolute Gasteiger partial charge is 0.489 e. The molecule has 4 atom stereocenters. The predicted molar refractivity (Wildman–Crippen MR) is 108 cm³/mol. The Kier molecular flexibility index (Phi) is 7.13. The number of hydrogen-bond acceptors (Lipinski definition) is 7. The Morgan fingerprint density at radius 3 is 2.70 bits per heavy atom. The smallest absolute Gasteiger partial charge is 0.305 e. The van der Waals surface area contributed by atoms with E-state index in [4.69, 9.17) is 18.9 Å². The molecule has 1 aliphatic heterocycles. The number of hydrogen-bond donors (Lipinski definition) is 0. The van der Waals surface area contributed by atoms with Crippen LogP contribution in [-0.2, 0) is 35.0 Å². The van der Waals surface area contributed by atoms with Crippen LogP contribution in [0.5, 0.6) is 5.75 Å². The van der Waals surface area contributed by atoms with Crippen LogP contribution in [-0.4, -0.2) is 43.8 Å². The fourth-order valence-corrected chi connectivity index (χ4v) is 4.39. The molecule has 1 fully saturated rings. The molecule has 1 saturated carbocycles. The van der Waals surface area contributed by atoms with Gasteiger partial charge in [-0.1, -0.05) is 30.4 Å². The predicted octanol–water partition coefficient (Wildman–Crippen LogP) is 3.10. The summed E-state index contributed by atoms with van der Waals surface area (Å²) in [7, 11) is 1.39. The lowest BCUT2D eigenvalue weighted by molar-refractivity contribution is -0.147. The van der Waals surface area contributed by atoms with Crippen molar-refractivity contribution >= 4 is 17.9 Å². The molecule has 1 aromatic rings. The molecule has 0 amide bonds. The lowest BCUT2D eigenvalue weighted by Gasteiger charge is -2.21. The summed E-state index contributed by atoms with van der Waals surface area (Å²) in [4.78, 5) is 34.0. The zero-order chi connectivity index (χ0) is 21.7. The first-order valence-corrected chi connectivity index (χ1v) is 10.2. The number of aryl methyl sites for hydroxylation is 1. The monoisotopic (exact) mass is 416 g/mol. The summed E-state index contributed by atoms with van der Waals surface area (Å²) in [5.74, 6) is -0.0270. The van der Waals surface area contributed by atoms with E-state index in [1.807, 2.05) is 24.3 Å². The summed E-state index contributed by atoms with van der Waals surface area (Å²) < 4.78 is 21.6. The van der Waals surface area contributed by atoms with E-state index in [9.17, 15) is 14.4 Å². The Morgan fingerprint density at radius 1 is 1.20 bits per heavy atom. The van der Waals surface area contributed by atoms with E-state index in [1.165, 1.54) is 21.0 Å². The van der Waals surface area contributed by atoms with Crippen molar-refractivity contribution in [1.29, 1.82) is 0 Å². The number of carbonyl (C=O) groups excluding carboxylic acids is 3. The first-order valence-electron chi connectivity index (χ1n) is 10.2. The number of esters is 3. The Morgan fingerprint density at radius 2 is 2.00 bits per heavy atom. The van der Waals surface area contributed by atoms with Crippen molar-refractivity contribution in [2.45, 2.75) is 57.7 Å². The first-order chi connectivity index (χ1) is 14.4. The second-order valence-electron chi connectivity index (χ2n) is 7.64. The standard InChI is InChI=1S/C23H28O7/c1-14(24)28-12-6-10-17-19(29-15(2)25)13-20-22(17)18-9-4-7-16(23(18)30-20)8-5-11-21(26)27-3/h4,6-7,9-10,17,19-20,22H,5,8,11-13H2,1-3H3/b10-6+. The Balaban J connectivity index is 1.78. The maximum absolute atomic E-state index is 11.6.